The van der Waals surface area contributed by atoms with Gasteiger partial charge in [-0.1, -0.05) is 23.2 Å². The highest BCUT2D eigenvalue weighted by atomic mass is 35.5. The highest BCUT2D eigenvalue weighted by molar-refractivity contribution is 6.34. The molecule has 0 aliphatic carbocycles. The van der Waals surface area contributed by atoms with E-state index >= 15 is 0 Å². The maximum Gasteiger partial charge on any atom is 0.512 e. The van der Waals surface area contributed by atoms with E-state index in [4.69, 9.17) is 38.8 Å². The first-order chi connectivity index (χ1) is 10.8. The van der Waals surface area contributed by atoms with E-state index < -0.39 is 17.9 Å². The summed E-state index contributed by atoms with van der Waals surface area (Å²) < 4.78 is 24.0. The van der Waals surface area contributed by atoms with Gasteiger partial charge in [0.25, 0.3) is 0 Å². The number of ether oxygens (including phenoxy) is 2. The molecule has 1 heterocycles. The van der Waals surface area contributed by atoms with Crippen LogP contribution in [0.2, 0.25) is 10.0 Å². The summed E-state index contributed by atoms with van der Waals surface area (Å²) in [5.41, 5.74) is 5.94. The second kappa shape index (κ2) is 6.99. The van der Waals surface area contributed by atoms with Gasteiger partial charge in [-0.2, -0.15) is 0 Å². The summed E-state index contributed by atoms with van der Waals surface area (Å²) in [5, 5.41) is 8.69. The van der Waals surface area contributed by atoms with Crippen LogP contribution in [0.25, 0.3) is 11.3 Å². The number of nitrogens with zero attached hydrogens (tertiary/aromatic N) is 1. The molecule has 0 aliphatic rings. The van der Waals surface area contributed by atoms with E-state index in [9.17, 15) is 9.18 Å². The zero-order valence-corrected chi connectivity index (χ0v) is 13.3. The van der Waals surface area contributed by atoms with Crippen molar-refractivity contribution >= 4 is 35.0 Å². The minimum Gasteiger partial charge on any atom is -0.449 e. The summed E-state index contributed by atoms with van der Waals surface area (Å²) in [6, 6.07) is 4.16. The van der Waals surface area contributed by atoms with E-state index in [1.807, 2.05) is 0 Å². The first kappa shape index (κ1) is 17.3. The molecule has 0 saturated carbocycles. The Morgan fingerprint density at radius 3 is 2.74 bits per heavy atom. The molecule has 0 radical (unpaired) electrons. The van der Waals surface area contributed by atoms with E-state index in [1.54, 1.807) is 0 Å². The van der Waals surface area contributed by atoms with Crippen LogP contribution in [0.15, 0.2) is 18.2 Å². The number of anilines is 1. The number of nitrogen functional groups attached to an aromatic ring is 1. The topological polar surface area (TPSA) is 94.7 Å². The van der Waals surface area contributed by atoms with Crippen molar-refractivity contribution in [1.82, 2.24) is 4.98 Å². The molecular formula is C14H11Cl2FN2O4. The Labute approximate surface area is 140 Å². The maximum atomic E-state index is 14.6. The molecule has 0 aliphatic heterocycles. The molecule has 0 bridgehead atoms. The first-order valence-electron chi connectivity index (χ1n) is 6.18. The number of rotatable bonds is 4. The predicted molar refractivity (Wildman–Crippen MR) is 83.4 cm³/mol. The van der Waals surface area contributed by atoms with Gasteiger partial charge in [0, 0.05) is 23.3 Å². The SMILES string of the molecule is COCc1c(Cl)ccc(-c2cc(N)c(Cl)c(OC(=O)O)n2)c1F. The van der Waals surface area contributed by atoms with E-state index in [1.165, 1.54) is 25.3 Å². The van der Waals surface area contributed by atoms with Crippen molar-refractivity contribution in [1.29, 1.82) is 0 Å². The number of benzene rings is 1. The van der Waals surface area contributed by atoms with Crippen molar-refractivity contribution in [3.05, 3.63) is 39.6 Å². The summed E-state index contributed by atoms with van der Waals surface area (Å²) >= 11 is 11.8. The molecule has 6 nitrogen and oxygen atoms in total. The highest BCUT2D eigenvalue weighted by Gasteiger charge is 2.19. The second-order valence-electron chi connectivity index (χ2n) is 4.40. The third kappa shape index (κ3) is 3.64. The summed E-state index contributed by atoms with van der Waals surface area (Å²) in [6.07, 6.45) is -1.62. The Morgan fingerprint density at radius 2 is 2.13 bits per heavy atom. The van der Waals surface area contributed by atoms with Gasteiger partial charge in [0.15, 0.2) is 0 Å². The van der Waals surface area contributed by atoms with E-state index in [0.29, 0.717) is 0 Å². The molecule has 23 heavy (non-hydrogen) atoms. The van der Waals surface area contributed by atoms with Crippen LogP contribution in [-0.4, -0.2) is 23.4 Å². The van der Waals surface area contributed by atoms with Crippen LogP contribution in [-0.2, 0) is 11.3 Å². The average Bonchev–Trinajstić information content (AvgIpc) is 2.47. The van der Waals surface area contributed by atoms with Crippen molar-refractivity contribution in [2.24, 2.45) is 0 Å². The largest absolute Gasteiger partial charge is 0.512 e. The molecule has 2 rings (SSSR count). The summed E-state index contributed by atoms with van der Waals surface area (Å²) in [4.78, 5) is 14.6. The molecule has 0 fully saturated rings. The number of carbonyl (C=O) groups is 1. The van der Waals surface area contributed by atoms with Gasteiger partial charge in [0.2, 0.25) is 5.88 Å². The van der Waals surface area contributed by atoms with Crippen LogP contribution in [0.5, 0.6) is 5.88 Å². The number of pyridine rings is 1. The van der Waals surface area contributed by atoms with Crippen molar-refractivity contribution in [2.75, 3.05) is 12.8 Å². The van der Waals surface area contributed by atoms with Crippen LogP contribution in [0.4, 0.5) is 14.9 Å². The lowest BCUT2D eigenvalue weighted by atomic mass is 10.1. The second-order valence-corrected chi connectivity index (χ2v) is 5.19. The number of nitrogens with two attached hydrogens (primary N) is 1. The Balaban J connectivity index is 2.60. The molecule has 3 N–H and O–H groups in total. The lowest BCUT2D eigenvalue weighted by Gasteiger charge is -2.12. The zero-order valence-electron chi connectivity index (χ0n) is 11.8. The minimum absolute atomic E-state index is 0.00411. The van der Waals surface area contributed by atoms with Gasteiger partial charge in [-0.3, -0.25) is 0 Å². The fourth-order valence-corrected chi connectivity index (χ4v) is 2.22. The van der Waals surface area contributed by atoms with Crippen molar-refractivity contribution in [2.45, 2.75) is 6.61 Å². The van der Waals surface area contributed by atoms with Gasteiger partial charge in [-0.15, -0.1) is 0 Å². The van der Waals surface area contributed by atoms with Crippen molar-refractivity contribution in [3.8, 4) is 17.1 Å². The molecule has 0 amide bonds. The molecule has 2 aromatic rings. The molecule has 1 aromatic heterocycles. The quantitative estimate of drug-likeness (QED) is 0.800. The van der Waals surface area contributed by atoms with Crippen LogP contribution in [0.1, 0.15) is 5.56 Å². The zero-order chi connectivity index (χ0) is 17.1. The van der Waals surface area contributed by atoms with Crippen LogP contribution >= 0.6 is 23.2 Å². The molecule has 0 saturated heterocycles. The van der Waals surface area contributed by atoms with Crippen LogP contribution < -0.4 is 10.5 Å². The number of aromatic nitrogens is 1. The summed E-state index contributed by atoms with van der Waals surface area (Å²) in [7, 11) is 1.40. The predicted octanol–water partition coefficient (Wildman–Crippen LogP) is 3.98. The van der Waals surface area contributed by atoms with Gasteiger partial charge in [0.1, 0.15) is 10.8 Å². The molecule has 0 spiro atoms. The van der Waals surface area contributed by atoms with Crippen molar-refractivity contribution in [3.63, 3.8) is 0 Å². The Bertz CT molecular complexity index is 771. The monoisotopic (exact) mass is 360 g/mol. The highest BCUT2D eigenvalue weighted by Crippen LogP contribution is 2.35. The first-order valence-corrected chi connectivity index (χ1v) is 6.93. The molecule has 122 valence electrons. The number of halogens is 3. The fourth-order valence-electron chi connectivity index (χ4n) is 1.89. The van der Waals surface area contributed by atoms with Crippen molar-refractivity contribution < 1.29 is 23.8 Å². The fraction of sp³-hybridized carbons (Fsp3) is 0.143. The third-order valence-electron chi connectivity index (χ3n) is 2.89. The number of methoxy groups -OCH3 is 1. The van der Waals surface area contributed by atoms with Gasteiger partial charge in [-0.05, 0) is 18.2 Å². The molecular weight excluding hydrogens is 350 g/mol. The van der Waals surface area contributed by atoms with Gasteiger partial charge >= 0.3 is 6.16 Å². The van der Waals surface area contributed by atoms with Gasteiger partial charge in [0.05, 0.1) is 18.0 Å². The molecule has 0 atom stereocenters. The summed E-state index contributed by atoms with van der Waals surface area (Å²) in [6.45, 7) is -0.0416. The minimum atomic E-state index is -1.62. The third-order valence-corrected chi connectivity index (χ3v) is 3.62. The van der Waals surface area contributed by atoms with Gasteiger partial charge in [-0.25, -0.2) is 14.2 Å². The lowest BCUT2D eigenvalue weighted by Crippen LogP contribution is -2.07. The average molecular weight is 361 g/mol. The number of hydrogen-bond donors (Lipinski definition) is 2. The van der Waals surface area contributed by atoms with Crippen LogP contribution in [0, 0.1) is 5.82 Å². The standard InChI is InChI=1S/C14H11Cl2FN2O4/c1-22-5-7-8(15)3-2-6(12(7)17)10-4-9(18)11(16)13(19-10)23-14(20)21/h2-4H,5H2,1H3,(H2,18,19)(H,20,21). The van der Waals surface area contributed by atoms with Gasteiger partial charge < -0.3 is 20.3 Å². The normalized spacial score (nSPS) is 10.6. The Kier molecular flexibility index (Phi) is 5.25. The van der Waals surface area contributed by atoms with E-state index in [2.05, 4.69) is 9.72 Å². The van der Waals surface area contributed by atoms with Crippen LogP contribution in [0.3, 0.4) is 0 Å². The van der Waals surface area contributed by atoms with E-state index in [0.717, 1.165) is 0 Å². The maximum absolute atomic E-state index is 14.6. The smallest absolute Gasteiger partial charge is 0.449 e. The Hall–Kier alpha value is -2.09. The summed E-state index contributed by atoms with van der Waals surface area (Å²) in [5.74, 6) is -1.09. The lowest BCUT2D eigenvalue weighted by molar-refractivity contribution is 0.142. The van der Waals surface area contributed by atoms with E-state index in [-0.39, 0.29) is 39.2 Å². The number of carboxylic acid groups (broad SMARTS) is 1. The molecule has 0 unspecified atom stereocenters. The number of hydrogen-bond acceptors (Lipinski definition) is 5. The molecule has 9 heteroatoms. The Morgan fingerprint density at radius 1 is 1.43 bits per heavy atom. The molecule has 1 aromatic carbocycles.